The topological polar surface area (TPSA) is 68.2 Å². The number of hydrogen-bond acceptors (Lipinski definition) is 2. The lowest BCUT2D eigenvalue weighted by molar-refractivity contribution is 0.0687. The van der Waals surface area contributed by atoms with Gasteiger partial charge in [0.05, 0.1) is 5.69 Å². The van der Waals surface area contributed by atoms with E-state index in [9.17, 15) is 4.79 Å². The minimum absolute atomic E-state index is 0.159. The highest BCUT2D eigenvalue weighted by atomic mass is 16.4. The first-order valence-electron chi connectivity index (χ1n) is 5.32. The van der Waals surface area contributed by atoms with Gasteiger partial charge < -0.3 is 15.4 Å². The maximum atomic E-state index is 11.1. The maximum Gasteiger partial charge on any atom is 0.354 e. The largest absolute Gasteiger partial charge is 0.477 e. The summed E-state index contributed by atoms with van der Waals surface area (Å²) in [5.41, 5.74) is 8.09. The average molecular weight is 230 g/mol. The molecule has 0 atom stereocenters. The van der Waals surface area contributed by atoms with Gasteiger partial charge in [-0.05, 0) is 18.1 Å². The molecule has 17 heavy (non-hydrogen) atoms. The number of aromatic carboxylic acids is 1. The number of aromatic nitrogens is 1. The molecule has 0 fully saturated rings. The van der Waals surface area contributed by atoms with Crippen molar-refractivity contribution in [2.75, 3.05) is 5.73 Å². The summed E-state index contributed by atoms with van der Waals surface area (Å²) >= 11 is 0. The number of rotatable bonds is 3. The standard InChI is InChI=1S/C13H14N2O2/c1-9-7-15(12(11(9)14)13(16)17)8-10-5-3-2-4-6-10/h2-7H,8,14H2,1H3,(H,16,17). The monoisotopic (exact) mass is 230 g/mol. The second-order valence-electron chi connectivity index (χ2n) is 3.99. The van der Waals surface area contributed by atoms with E-state index < -0.39 is 5.97 Å². The van der Waals surface area contributed by atoms with Crippen molar-refractivity contribution in [1.29, 1.82) is 0 Å². The quantitative estimate of drug-likeness (QED) is 0.848. The summed E-state index contributed by atoms with van der Waals surface area (Å²) in [6.07, 6.45) is 1.77. The molecule has 3 N–H and O–H groups in total. The third kappa shape index (κ3) is 2.15. The van der Waals surface area contributed by atoms with Crippen LogP contribution in [0.1, 0.15) is 21.6 Å². The fourth-order valence-corrected chi connectivity index (χ4v) is 1.85. The van der Waals surface area contributed by atoms with E-state index in [-0.39, 0.29) is 5.69 Å². The zero-order chi connectivity index (χ0) is 12.4. The zero-order valence-corrected chi connectivity index (χ0v) is 9.55. The van der Waals surface area contributed by atoms with Gasteiger partial charge in [0.2, 0.25) is 0 Å². The molecular formula is C13H14N2O2. The highest BCUT2D eigenvalue weighted by molar-refractivity contribution is 5.93. The van der Waals surface area contributed by atoms with Crippen LogP contribution in [0.25, 0.3) is 0 Å². The Balaban J connectivity index is 2.40. The van der Waals surface area contributed by atoms with Crippen molar-refractivity contribution in [1.82, 2.24) is 4.57 Å². The fourth-order valence-electron chi connectivity index (χ4n) is 1.85. The highest BCUT2D eigenvalue weighted by Gasteiger charge is 2.16. The summed E-state index contributed by atoms with van der Waals surface area (Å²) in [6, 6.07) is 9.69. The van der Waals surface area contributed by atoms with Crippen LogP contribution in [0.3, 0.4) is 0 Å². The van der Waals surface area contributed by atoms with E-state index in [0.29, 0.717) is 12.2 Å². The molecule has 2 rings (SSSR count). The van der Waals surface area contributed by atoms with Crippen LogP contribution in [0, 0.1) is 6.92 Å². The fraction of sp³-hybridized carbons (Fsp3) is 0.154. The first kappa shape index (κ1) is 11.3. The van der Waals surface area contributed by atoms with Gasteiger partial charge in [-0.1, -0.05) is 30.3 Å². The van der Waals surface area contributed by atoms with Gasteiger partial charge in [-0.3, -0.25) is 0 Å². The van der Waals surface area contributed by atoms with Crippen molar-refractivity contribution >= 4 is 11.7 Å². The molecule has 0 amide bonds. The summed E-state index contributed by atoms with van der Waals surface area (Å²) < 4.78 is 1.67. The third-order valence-electron chi connectivity index (χ3n) is 2.71. The molecule has 4 heteroatoms. The van der Waals surface area contributed by atoms with Crippen LogP contribution in [0.4, 0.5) is 5.69 Å². The molecule has 88 valence electrons. The number of benzene rings is 1. The van der Waals surface area contributed by atoms with E-state index in [0.717, 1.165) is 11.1 Å². The minimum Gasteiger partial charge on any atom is -0.477 e. The van der Waals surface area contributed by atoms with Gasteiger partial charge in [0.15, 0.2) is 5.69 Å². The van der Waals surface area contributed by atoms with E-state index >= 15 is 0 Å². The number of carboxylic acid groups (broad SMARTS) is 1. The lowest BCUT2D eigenvalue weighted by Crippen LogP contribution is -2.10. The van der Waals surface area contributed by atoms with Gasteiger partial charge in [-0.2, -0.15) is 0 Å². The lowest BCUT2D eigenvalue weighted by atomic mass is 10.2. The number of carboxylic acids is 1. The highest BCUT2D eigenvalue weighted by Crippen LogP contribution is 2.20. The lowest BCUT2D eigenvalue weighted by Gasteiger charge is -2.06. The molecule has 0 unspecified atom stereocenters. The summed E-state index contributed by atoms with van der Waals surface area (Å²) in [5.74, 6) is -0.994. The molecule has 1 aromatic heterocycles. The summed E-state index contributed by atoms with van der Waals surface area (Å²) in [7, 11) is 0. The van der Waals surface area contributed by atoms with E-state index in [2.05, 4.69) is 0 Å². The Labute approximate surface area is 99.3 Å². The molecule has 0 spiro atoms. The first-order valence-corrected chi connectivity index (χ1v) is 5.32. The van der Waals surface area contributed by atoms with E-state index in [1.807, 2.05) is 37.3 Å². The number of anilines is 1. The summed E-state index contributed by atoms with van der Waals surface area (Å²) in [5, 5.41) is 9.14. The van der Waals surface area contributed by atoms with E-state index in [1.54, 1.807) is 10.8 Å². The average Bonchev–Trinajstić information content (AvgIpc) is 2.56. The predicted octanol–water partition coefficient (Wildman–Crippen LogP) is 2.13. The SMILES string of the molecule is Cc1cn(Cc2ccccc2)c(C(=O)O)c1N. The van der Waals surface area contributed by atoms with Gasteiger partial charge >= 0.3 is 5.97 Å². The maximum absolute atomic E-state index is 11.1. The molecule has 2 aromatic rings. The Morgan fingerprint density at radius 2 is 2.00 bits per heavy atom. The number of aryl methyl sites for hydroxylation is 1. The van der Waals surface area contributed by atoms with Crippen LogP contribution in [-0.2, 0) is 6.54 Å². The zero-order valence-electron chi connectivity index (χ0n) is 9.55. The Kier molecular flexibility index (Phi) is 2.87. The molecule has 0 aliphatic heterocycles. The molecule has 0 aliphatic rings. The number of nitrogen functional groups attached to an aromatic ring is 1. The molecule has 0 saturated carbocycles. The van der Waals surface area contributed by atoms with Crippen LogP contribution in [0.15, 0.2) is 36.5 Å². The Morgan fingerprint density at radius 3 is 2.59 bits per heavy atom. The van der Waals surface area contributed by atoms with Crippen molar-refractivity contribution < 1.29 is 9.90 Å². The van der Waals surface area contributed by atoms with Gasteiger partial charge in [0.25, 0.3) is 0 Å². The van der Waals surface area contributed by atoms with Crippen LogP contribution in [0.5, 0.6) is 0 Å². The summed E-state index contributed by atoms with van der Waals surface area (Å²) in [6.45, 7) is 2.32. The normalized spacial score (nSPS) is 10.4. The molecule has 0 bridgehead atoms. The summed E-state index contributed by atoms with van der Waals surface area (Å²) in [4.78, 5) is 11.1. The van der Waals surface area contributed by atoms with Crippen molar-refractivity contribution in [2.45, 2.75) is 13.5 Å². The first-order chi connectivity index (χ1) is 8.09. The molecule has 0 aliphatic carbocycles. The predicted molar refractivity (Wildman–Crippen MR) is 66.1 cm³/mol. The number of nitrogens with two attached hydrogens (primary N) is 1. The van der Waals surface area contributed by atoms with Crippen LogP contribution >= 0.6 is 0 Å². The molecule has 4 nitrogen and oxygen atoms in total. The van der Waals surface area contributed by atoms with Gasteiger partial charge in [-0.25, -0.2) is 4.79 Å². The van der Waals surface area contributed by atoms with E-state index in [1.165, 1.54) is 0 Å². The Bertz CT molecular complexity index is 544. The second-order valence-corrected chi connectivity index (χ2v) is 3.99. The molecule has 0 saturated heterocycles. The van der Waals surface area contributed by atoms with Crippen LogP contribution in [0.2, 0.25) is 0 Å². The van der Waals surface area contributed by atoms with Crippen LogP contribution in [-0.4, -0.2) is 15.6 Å². The minimum atomic E-state index is -0.994. The van der Waals surface area contributed by atoms with Crippen molar-refractivity contribution in [3.05, 3.63) is 53.3 Å². The Morgan fingerprint density at radius 1 is 1.35 bits per heavy atom. The smallest absolute Gasteiger partial charge is 0.354 e. The van der Waals surface area contributed by atoms with Gasteiger partial charge in [0.1, 0.15) is 0 Å². The molecular weight excluding hydrogens is 216 g/mol. The van der Waals surface area contributed by atoms with Gasteiger partial charge in [-0.15, -0.1) is 0 Å². The van der Waals surface area contributed by atoms with Gasteiger partial charge in [0, 0.05) is 12.7 Å². The van der Waals surface area contributed by atoms with Crippen molar-refractivity contribution in [3.63, 3.8) is 0 Å². The van der Waals surface area contributed by atoms with Crippen molar-refractivity contribution in [3.8, 4) is 0 Å². The second kappa shape index (κ2) is 4.33. The third-order valence-corrected chi connectivity index (χ3v) is 2.71. The van der Waals surface area contributed by atoms with E-state index in [4.69, 9.17) is 10.8 Å². The number of carbonyl (C=O) groups is 1. The number of hydrogen-bond donors (Lipinski definition) is 2. The number of nitrogens with zero attached hydrogens (tertiary/aromatic N) is 1. The molecule has 1 aromatic carbocycles. The molecule has 1 heterocycles. The van der Waals surface area contributed by atoms with Crippen LogP contribution < -0.4 is 5.73 Å². The molecule has 0 radical (unpaired) electrons. The van der Waals surface area contributed by atoms with Crippen molar-refractivity contribution in [2.24, 2.45) is 0 Å². The Hall–Kier alpha value is -2.23.